The van der Waals surface area contributed by atoms with Crippen LogP contribution in [0.2, 0.25) is 0 Å². The minimum Gasteiger partial charge on any atom is -0.497 e. The number of aromatic nitrogens is 1. The maximum absolute atomic E-state index is 14.3. The lowest BCUT2D eigenvalue weighted by molar-refractivity contribution is -0.113. The van der Waals surface area contributed by atoms with Crippen LogP contribution in [0.1, 0.15) is 29.7 Å². The highest BCUT2D eigenvalue weighted by molar-refractivity contribution is 9.10. The van der Waals surface area contributed by atoms with Gasteiger partial charge in [-0.2, -0.15) is 0 Å². The van der Waals surface area contributed by atoms with Crippen molar-refractivity contribution in [2.75, 3.05) is 26.6 Å². The Hall–Kier alpha value is -5.13. The van der Waals surface area contributed by atoms with Crippen LogP contribution in [0, 0.1) is 0 Å². The summed E-state index contributed by atoms with van der Waals surface area (Å²) in [6, 6.07) is 27.1. The quantitative estimate of drug-likeness (QED) is 0.183. The first kappa shape index (κ1) is 32.8. The van der Waals surface area contributed by atoms with Crippen LogP contribution in [0.3, 0.4) is 0 Å². The van der Waals surface area contributed by atoms with Gasteiger partial charge in [0.1, 0.15) is 24.1 Å². The van der Waals surface area contributed by atoms with Gasteiger partial charge in [-0.1, -0.05) is 63.7 Å². The molecule has 1 aromatic heterocycles. The Bertz CT molecular complexity index is 2190. The molecule has 48 heavy (non-hydrogen) atoms. The minimum absolute atomic E-state index is 0.298. The summed E-state index contributed by atoms with van der Waals surface area (Å²) >= 11 is 4.70. The van der Waals surface area contributed by atoms with Crippen LogP contribution in [0.15, 0.2) is 117 Å². The fourth-order valence-electron chi connectivity index (χ4n) is 5.46. The average molecular weight is 727 g/mol. The van der Waals surface area contributed by atoms with Crippen molar-refractivity contribution in [2.24, 2.45) is 4.99 Å². The number of amides is 1. The van der Waals surface area contributed by atoms with E-state index in [1.165, 1.54) is 11.3 Å². The van der Waals surface area contributed by atoms with E-state index in [1.54, 1.807) is 63.2 Å². The van der Waals surface area contributed by atoms with Crippen molar-refractivity contribution in [2.45, 2.75) is 19.6 Å². The van der Waals surface area contributed by atoms with Gasteiger partial charge in [-0.3, -0.25) is 14.2 Å². The van der Waals surface area contributed by atoms with Gasteiger partial charge in [0, 0.05) is 21.8 Å². The molecule has 0 bridgehead atoms. The van der Waals surface area contributed by atoms with E-state index in [4.69, 9.17) is 23.9 Å². The first-order chi connectivity index (χ1) is 23.3. The molecule has 6 rings (SSSR count). The Morgan fingerprint density at radius 1 is 0.917 bits per heavy atom. The number of carbonyl (C=O) groups is 1. The number of hydrogen-bond donors (Lipinski definition) is 1. The van der Waals surface area contributed by atoms with Crippen LogP contribution in [-0.2, 0) is 11.4 Å². The van der Waals surface area contributed by atoms with Gasteiger partial charge in [-0.25, -0.2) is 4.99 Å². The largest absolute Gasteiger partial charge is 0.497 e. The van der Waals surface area contributed by atoms with Crippen LogP contribution in [-0.4, -0.2) is 31.8 Å². The second kappa shape index (κ2) is 14.3. The van der Waals surface area contributed by atoms with Crippen molar-refractivity contribution < 1.29 is 23.7 Å². The maximum Gasteiger partial charge on any atom is 0.271 e. The fourth-order valence-corrected chi connectivity index (χ4v) is 6.77. The molecule has 0 aliphatic carbocycles. The van der Waals surface area contributed by atoms with Crippen molar-refractivity contribution in [3.63, 3.8) is 0 Å². The van der Waals surface area contributed by atoms with Crippen LogP contribution in [0.25, 0.3) is 6.08 Å². The first-order valence-corrected chi connectivity index (χ1v) is 16.6. The molecule has 1 aliphatic heterocycles. The van der Waals surface area contributed by atoms with E-state index in [0.717, 1.165) is 15.6 Å². The molecule has 0 saturated heterocycles. The second-order valence-electron chi connectivity index (χ2n) is 10.8. The number of para-hydroxylation sites is 1. The number of allylic oxidation sites excluding steroid dienone is 1. The number of nitrogens with one attached hydrogen (secondary N) is 1. The predicted molar refractivity (Wildman–Crippen MR) is 190 cm³/mol. The number of rotatable bonds is 10. The van der Waals surface area contributed by atoms with Crippen LogP contribution >= 0.6 is 27.3 Å². The van der Waals surface area contributed by atoms with E-state index >= 15 is 0 Å². The summed E-state index contributed by atoms with van der Waals surface area (Å²) in [5, 5.41) is 2.97. The first-order valence-electron chi connectivity index (χ1n) is 15.0. The summed E-state index contributed by atoms with van der Waals surface area (Å²) in [4.78, 5) is 33.4. The van der Waals surface area contributed by atoms with Crippen molar-refractivity contribution in [1.82, 2.24) is 4.57 Å². The minimum atomic E-state index is -0.822. The number of carbonyl (C=O) groups excluding carboxylic acids is 1. The number of hydrogen-bond acceptors (Lipinski definition) is 8. The third-order valence-electron chi connectivity index (χ3n) is 7.83. The molecular weight excluding hydrogens is 694 g/mol. The number of anilines is 1. The third-order valence-corrected chi connectivity index (χ3v) is 9.34. The molecule has 1 atom stereocenters. The highest BCUT2D eigenvalue weighted by atomic mass is 79.9. The average Bonchev–Trinajstić information content (AvgIpc) is 3.41. The molecule has 244 valence electrons. The molecule has 1 N–H and O–H groups in total. The molecule has 0 saturated carbocycles. The fraction of sp³-hybridized carbons (Fsp3) is 0.162. The molecule has 9 nitrogen and oxygen atoms in total. The molecule has 1 aliphatic rings. The third kappa shape index (κ3) is 6.78. The Kier molecular flexibility index (Phi) is 9.79. The summed E-state index contributed by atoms with van der Waals surface area (Å²) in [7, 11) is 4.69. The monoisotopic (exact) mass is 725 g/mol. The topological polar surface area (TPSA) is 100 Å². The van der Waals surface area contributed by atoms with E-state index in [2.05, 4.69) is 21.2 Å². The lowest BCUT2D eigenvalue weighted by Crippen LogP contribution is -2.40. The molecule has 0 unspecified atom stereocenters. The van der Waals surface area contributed by atoms with Crippen LogP contribution in [0.4, 0.5) is 5.69 Å². The second-order valence-corrected chi connectivity index (χ2v) is 12.8. The van der Waals surface area contributed by atoms with Gasteiger partial charge in [0.2, 0.25) is 0 Å². The standard InChI is InChI=1S/C37H32BrN3O6S/c1-22-33(35(42)40-26-8-6-5-7-9-26)34(28-16-15-27(44-2)20-30(28)45-3)41-36(43)32(48-37(41)39-22)19-24-12-17-29(31(18-24)46-4)47-21-23-10-13-25(38)14-11-23/h5-20,34H,21H2,1-4H3,(H,40,42)/b32-19-/t34-/m0/s1. The SMILES string of the molecule is COc1ccc([C@H]2C(C(=O)Nc3ccccc3)=C(C)N=c3s/c(=C\c4ccc(OCc5ccc(Br)cc5)c(OC)c4)c(=O)n32)c(OC)c1. The van der Waals surface area contributed by atoms with Crippen molar-refractivity contribution in [3.05, 3.63) is 143 Å². The number of fused-ring (bicyclic) bond motifs is 1. The predicted octanol–water partition coefficient (Wildman–Crippen LogP) is 6.24. The van der Waals surface area contributed by atoms with Gasteiger partial charge in [0.25, 0.3) is 11.5 Å². The molecule has 1 amide bonds. The highest BCUT2D eigenvalue weighted by Gasteiger charge is 2.34. The van der Waals surface area contributed by atoms with Crippen molar-refractivity contribution >= 4 is 44.9 Å². The Morgan fingerprint density at radius 3 is 2.38 bits per heavy atom. The lowest BCUT2D eigenvalue weighted by atomic mass is 9.94. The molecular formula is C37H32BrN3O6S. The number of methoxy groups -OCH3 is 3. The maximum atomic E-state index is 14.3. The van der Waals surface area contributed by atoms with E-state index in [-0.39, 0.29) is 11.5 Å². The highest BCUT2D eigenvalue weighted by Crippen LogP contribution is 2.38. The molecule has 5 aromatic rings. The molecule has 0 fully saturated rings. The number of ether oxygens (including phenoxy) is 4. The summed E-state index contributed by atoms with van der Waals surface area (Å²) in [6.07, 6.45) is 1.79. The van der Waals surface area contributed by atoms with Gasteiger partial charge in [0.05, 0.1) is 37.1 Å². The number of halogens is 1. The zero-order valence-corrected chi connectivity index (χ0v) is 29.1. The van der Waals surface area contributed by atoms with E-state index in [1.807, 2.05) is 66.7 Å². The normalized spacial score (nSPS) is 14.2. The Balaban J connectivity index is 1.41. The number of benzene rings is 4. The van der Waals surface area contributed by atoms with E-state index in [0.29, 0.717) is 61.5 Å². The number of nitrogens with zero attached hydrogens (tertiary/aromatic N) is 2. The smallest absolute Gasteiger partial charge is 0.271 e. The summed E-state index contributed by atoms with van der Waals surface area (Å²) < 4.78 is 25.9. The van der Waals surface area contributed by atoms with Gasteiger partial charge < -0.3 is 24.3 Å². The molecule has 0 spiro atoms. The van der Waals surface area contributed by atoms with Gasteiger partial charge in [-0.05, 0) is 72.7 Å². The lowest BCUT2D eigenvalue weighted by Gasteiger charge is -2.26. The molecule has 4 aromatic carbocycles. The van der Waals surface area contributed by atoms with Crippen molar-refractivity contribution in [1.29, 1.82) is 0 Å². The van der Waals surface area contributed by atoms with E-state index in [9.17, 15) is 9.59 Å². The number of thiazole rings is 1. The van der Waals surface area contributed by atoms with Crippen molar-refractivity contribution in [3.8, 4) is 23.0 Å². The van der Waals surface area contributed by atoms with Crippen LogP contribution in [0.5, 0.6) is 23.0 Å². The van der Waals surface area contributed by atoms with Gasteiger partial charge in [-0.15, -0.1) is 0 Å². The summed E-state index contributed by atoms with van der Waals surface area (Å²) in [5.41, 5.74) is 3.52. The summed E-state index contributed by atoms with van der Waals surface area (Å²) in [6.45, 7) is 2.15. The zero-order chi connectivity index (χ0) is 33.8. The van der Waals surface area contributed by atoms with Crippen LogP contribution < -0.4 is 39.2 Å². The summed E-state index contributed by atoms with van der Waals surface area (Å²) in [5.74, 6) is 1.79. The van der Waals surface area contributed by atoms with Gasteiger partial charge in [0.15, 0.2) is 16.3 Å². The molecule has 11 heteroatoms. The Morgan fingerprint density at radius 2 is 1.67 bits per heavy atom. The van der Waals surface area contributed by atoms with Gasteiger partial charge >= 0.3 is 0 Å². The zero-order valence-electron chi connectivity index (χ0n) is 26.7. The molecule has 2 heterocycles. The molecule has 0 radical (unpaired) electrons. The van der Waals surface area contributed by atoms with E-state index < -0.39 is 6.04 Å². The Labute approximate surface area is 289 Å².